The molecule has 2 heterocycles. The van der Waals surface area contributed by atoms with E-state index in [1.165, 1.54) is 5.01 Å². The van der Waals surface area contributed by atoms with Gasteiger partial charge in [0.05, 0.1) is 24.6 Å². The third-order valence-corrected chi connectivity index (χ3v) is 5.41. The van der Waals surface area contributed by atoms with Gasteiger partial charge in [-0.2, -0.15) is 10.2 Å². The molecule has 0 spiro atoms. The first-order valence-electron chi connectivity index (χ1n) is 9.87. The minimum atomic E-state index is -0.230. The summed E-state index contributed by atoms with van der Waals surface area (Å²) in [5.41, 5.74) is 5.87. The Kier molecular flexibility index (Phi) is 5.27. The van der Waals surface area contributed by atoms with Crippen molar-refractivity contribution in [3.8, 4) is 17.0 Å². The molecule has 0 unspecified atom stereocenters. The van der Waals surface area contributed by atoms with Crippen molar-refractivity contribution in [3.05, 3.63) is 71.4 Å². The predicted octanol–water partition coefficient (Wildman–Crippen LogP) is 3.43. The average Bonchev–Trinajstić information content (AvgIpc) is 3.14. The summed E-state index contributed by atoms with van der Waals surface area (Å²) in [6, 6.07) is 15.8. The van der Waals surface area contributed by atoms with E-state index in [9.17, 15) is 4.79 Å². The van der Waals surface area contributed by atoms with E-state index in [0.29, 0.717) is 6.42 Å². The van der Waals surface area contributed by atoms with Crippen LogP contribution in [0, 0.1) is 0 Å². The molecule has 1 atom stereocenters. The van der Waals surface area contributed by atoms with Gasteiger partial charge < -0.3 is 10.1 Å². The van der Waals surface area contributed by atoms with E-state index in [2.05, 4.69) is 16.5 Å². The number of carbonyl (C=O) groups is 1. The summed E-state index contributed by atoms with van der Waals surface area (Å²) in [4.78, 5) is 12.5. The maximum Gasteiger partial charge on any atom is 0.337 e. The second-order valence-corrected chi connectivity index (χ2v) is 7.34. The fraction of sp³-hybridized carbons (Fsp3) is 0.261. The van der Waals surface area contributed by atoms with E-state index < -0.39 is 0 Å². The highest BCUT2D eigenvalue weighted by Gasteiger charge is 2.27. The Hall–Kier alpha value is -3.61. The second kappa shape index (κ2) is 8.02. The van der Waals surface area contributed by atoms with E-state index in [0.717, 1.165) is 39.4 Å². The molecule has 3 aromatic rings. The first-order valence-corrected chi connectivity index (χ1v) is 9.87. The number of nitrogens with zero attached hydrogens (tertiary/aromatic N) is 4. The lowest BCUT2D eigenvalue weighted by Crippen LogP contribution is -2.41. The van der Waals surface area contributed by atoms with E-state index >= 15 is 0 Å². The van der Waals surface area contributed by atoms with Gasteiger partial charge in [-0.3, -0.25) is 4.68 Å². The zero-order chi connectivity index (χ0) is 21.3. The highest BCUT2D eigenvalue weighted by atomic mass is 16.5. The molecule has 0 saturated heterocycles. The zero-order valence-corrected chi connectivity index (χ0v) is 17.6. The van der Waals surface area contributed by atoms with Crippen molar-refractivity contribution in [1.29, 1.82) is 0 Å². The molecule has 7 nitrogen and oxygen atoms in total. The Labute approximate surface area is 176 Å². The molecule has 0 saturated carbocycles. The van der Waals surface area contributed by atoms with Crippen molar-refractivity contribution in [2.45, 2.75) is 19.4 Å². The summed E-state index contributed by atoms with van der Waals surface area (Å²) in [5, 5.41) is 13.2. The molecular formula is C23H25N5O2. The van der Waals surface area contributed by atoms with Crippen molar-refractivity contribution in [1.82, 2.24) is 20.1 Å². The smallest absolute Gasteiger partial charge is 0.337 e. The standard InChI is InChI=1S/C23H25N5O2/c1-15-13-18-9-10-19(30-4)14-20(18)22(26-28(15)23(29)24-2)17-7-5-16(6-8-17)21-11-12-25-27(21)3/h5-12,14-15H,13H2,1-4H3,(H,24,29)/t15-/m0/s1. The highest BCUT2D eigenvalue weighted by Crippen LogP contribution is 2.28. The molecule has 1 aliphatic heterocycles. The molecule has 7 heteroatoms. The van der Waals surface area contributed by atoms with E-state index in [1.54, 1.807) is 20.4 Å². The minimum Gasteiger partial charge on any atom is -0.497 e. The molecule has 30 heavy (non-hydrogen) atoms. The summed E-state index contributed by atoms with van der Waals surface area (Å²) in [6.07, 6.45) is 2.48. The zero-order valence-electron chi connectivity index (χ0n) is 17.6. The predicted molar refractivity (Wildman–Crippen MR) is 117 cm³/mol. The van der Waals surface area contributed by atoms with Gasteiger partial charge in [0.2, 0.25) is 0 Å². The van der Waals surface area contributed by atoms with Crippen LogP contribution in [0.1, 0.15) is 23.6 Å². The number of fused-ring (bicyclic) bond motifs is 1. The number of methoxy groups -OCH3 is 1. The minimum absolute atomic E-state index is 0.0803. The lowest BCUT2D eigenvalue weighted by Gasteiger charge is -2.22. The molecule has 0 radical (unpaired) electrons. The van der Waals surface area contributed by atoms with Gasteiger partial charge in [0.15, 0.2) is 0 Å². The summed E-state index contributed by atoms with van der Waals surface area (Å²) < 4.78 is 7.29. The number of carbonyl (C=O) groups excluding carboxylic acids is 1. The van der Waals surface area contributed by atoms with Crippen LogP contribution in [0.4, 0.5) is 4.79 Å². The number of hydrogen-bond donors (Lipinski definition) is 1. The highest BCUT2D eigenvalue weighted by molar-refractivity contribution is 6.14. The number of amides is 2. The van der Waals surface area contributed by atoms with Gasteiger partial charge >= 0.3 is 6.03 Å². The van der Waals surface area contributed by atoms with E-state index in [4.69, 9.17) is 9.84 Å². The number of ether oxygens (including phenoxy) is 1. The van der Waals surface area contributed by atoms with Crippen LogP contribution in [0.15, 0.2) is 59.8 Å². The van der Waals surface area contributed by atoms with Gasteiger partial charge in [0.25, 0.3) is 0 Å². The summed E-state index contributed by atoms with van der Waals surface area (Å²) in [7, 11) is 5.19. The molecule has 0 bridgehead atoms. The Morgan fingerprint density at radius 3 is 2.50 bits per heavy atom. The van der Waals surface area contributed by atoms with E-state index in [1.807, 2.05) is 61.1 Å². The van der Waals surface area contributed by atoms with Gasteiger partial charge in [0, 0.05) is 31.4 Å². The molecule has 4 rings (SSSR count). The maximum atomic E-state index is 12.5. The molecule has 1 aliphatic rings. The number of urea groups is 1. The van der Waals surface area contributed by atoms with Crippen molar-refractivity contribution < 1.29 is 9.53 Å². The van der Waals surface area contributed by atoms with E-state index in [-0.39, 0.29) is 12.1 Å². The van der Waals surface area contributed by atoms with Crippen LogP contribution in [0.2, 0.25) is 0 Å². The van der Waals surface area contributed by atoms with Crippen molar-refractivity contribution in [2.75, 3.05) is 14.2 Å². The third kappa shape index (κ3) is 3.54. The number of nitrogens with one attached hydrogen (secondary N) is 1. The van der Waals surface area contributed by atoms with Crippen LogP contribution in [0.25, 0.3) is 11.3 Å². The van der Waals surface area contributed by atoms with Crippen molar-refractivity contribution in [2.24, 2.45) is 12.1 Å². The molecule has 2 aromatic carbocycles. The molecule has 2 amide bonds. The maximum absolute atomic E-state index is 12.5. The third-order valence-electron chi connectivity index (χ3n) is 5.41. The quantitative estimate of drug-likeness (QED) is 0.728. The number of aryl methyl sites for hydroxylation is 1. The van der Waals surface area contributed by atoms with Gasteiger partial charge in [-0.15, -0.1) is 0 Å². The number of benzene rings is 2. The monoisotopic (exact) mass is 403 g/mol. The Bertz CT molecular complexity index is 1100. The SMILES string of the molecule is CNC(=O)N1N=C(c2ccc(-c3ccnn3C)cc2)c2cc(OC)ccc2C[C@@H]1C. The molecule has 0 fully saturated rings. The fourth-order valence-corrected chi connectivity index (χ4v) is 3.78. The van der Waals surface area contributed by atoms with Crippen LogP contribution in [0.5, 0.6) is 5.75 Å². The summed E-state index contributed by atoms with van der Waals surface area (Å²) >= 11 is 0. The van der Waals surface area contributed by atoms with Crippen LogP contribution in [0.3, 0.4) is 0 Å². The Morgan fingerprint density at radius 2 is 1.87 bits per heavy atom. The molecule has 154 valence electrons. The van der Waals surface area contributed by atoms with Crippen molar-refractivity contribution in [3.63, 3.8) is 0 Å². The summed E-state index contributed by atoms with van der Waals surface area (Å²) in [5.74, 6) is 0.758. The normalized spacial score (nSPS) is 15.8. The van der Waals surface area contributed by atoms with Gasteiger partial charge in [0.1, 0.15) is 5.75 Å². The lowest BCUT2D eigenvalue weighted by atomic mass is 9.94. The lowest BCUT2D eigenvalue weighted by molar-refractivity contribution is 0.184. The number of rotatable bonds is 3. The number of hydrogen-bond acceptors (Lipinski definition) is 4. The fourth-order valence-electron chi connectivity index (χ4n) is 3.78. The summed E-state index contributed by atoms with van der Waals surface area (Å²) in [6.45, 7) is 2.00. The first kappa shape index (κ1) is 19.7. The molecule has 1 N–H and O–H groups in total. The van der Waals surface area contributed by atoms with Crippen LogP contribution < -0.4 is 10.1 Å². The average molecular weight is 403 g/mol. The van der Waals surface area contributed by atoms with Crippen LogP contribution >= 0.6 is 0 Å². The van der Waals surface area contributed by atoms with Crippen LogP contribution in [-0.2, 0) is 13.5 Å². The van der Waals surface area contributed by atoms with Crippen molar-refractivity contribution >= 4 is 11.7 Å². The van der Waals surface area contributed by atoms with Gasteiger partial charge in [-0.1, -0.05) is 30.3 Å². The number of hydrazone groups is 1. The van der Waals surface area contributed by atoms with Crippen LogP contribution in [-0.4, -0.2) is 46.7 Å². The molecular weight excluding hydrogens is 378 g/mol. The Morgan fingerprint density at radius 1 is 1.13 bits per heavy atom. The topological polar surface area (TPSA) is 71.8 Å². The van der Waals surface area contributed by atoms with Gasteiger partial charge in [-0.25, -0.2) is 9.80 Å². The second-order valence-electron chi connectivity index (χ2n) is 7.34. The molecule has 0 aliphatic carbocycles. The molecule has 1 aromatic heterocycles. The first-order chi connectivity index (χ1) is 14.5. The Balaban J connectivity index is 1.84. The largest absolute Gasteiger partial charge is 0.497 e. The number of aromatic nitrogens is 2. The van der Waals surface area contributed by atoms with Gasteiger partial charge in [-0.05, 0) is 42.7 Å².